The zero-order valence-electron chi connectivity index (χ0n) is 12.0. The van der Waals surface area contributed by atoms with Gasteiger partial charge >= 0.3 is 0 Å². The van der Waals surface area contributed by atoms with E-state index in [-0.39, 0.29) is 5.60 Å². The average molecular weight is 258 g/mol. The number of nitrogens with one attached hydrogen (secondary N) is 1. The van der Waals surface area contributed by atoms with Gasteiger partial charge in [0, 0.05) is 12.6 Å². The minimum absolute atomic E-state index is 0.0352. The van der Waals surface area contributed by atoms with E-state index in [0.717, 1.165) is 42.7 Å². The normalized spacial score (nSPS) is 26.7. The van der Waals surface area contributed by atoms with Gasteiger partial charge in [-0.25, -0.2) is 0 Å². The Morgan fingerprint density at radius 1 is 1.53 bits per heavy atom. The van der Waals surface area contributed by atoms with Crippen LogP contribution in [-0.2, 0) is 4.74 Å². The fourth-order valence-electron chi connectivity index (χ4n) is 2.66. The molecule has 1 heterocycles. The van der Waals surface area contributed by atoms with E-state index in [0.29, 0.717) is 6.04 Å². The maximum atomic E-state index is 9.26. The number of ether oxygens (including phenoxy) is 1. The minimum atomic E-state index is -0.0352. The number of aryl methyl sites for hydroxylation is 1. The lowest BCUT2D eigenvalue weighted by atomic mass is 9.89. The zero-order chi connectivity index (χ0) is 13.9. The van der Waals surface area contributed by atoms with Gasteiger partial charge in [0.2, 0.25) is 0 Å². The predicted molar refractivity (Wildman–Crippen MR) is 77.2 cm³/mol. The fourth-order valence-corrected chi connectivity index (χ4v) is 2.66. The van der Waals surface area contributed by atoms with Crippen molar-refractivity contribution in [2.24, 2.45) is 0 Å². The van der Waals surface area contributed by atoms with Gasteiger partial charge in [0.15, 0.2) is 0 Å². The standard InChI is InChI=1S/C16H22N2O/c1-4-16(3)10-13(8-9-19-16)18-15-7-5-6-12(2)14(15)11-17/h5-7,13,18H,4,8-10H2,1-3H3. The van der Waals surface area contributed by atoms with Crippen molar-refractivity contribution in [1.82, 2.24) is 0 Å². The number of hydrogen-bond acceptors (Lipinski definition) is 3. The molecule has 1 fully saturated rings. The van der Waals surface area contributed by atoms with Crippen LogP contribution in [0.3, 0.4) is 0 Å². The molecule has 0 spiro atoms. The quantitative estimate of drug-likeness (QED) is 0.900. The van der Waals surface area contributed by atoms with Gasteiger partial charge in [-0.1, -0.05) is 19.1 Å². The molecule has 0 bridgehead atoms. The Morgan fingerprint density at radius 2 is 2.32 bits per heavy atom. The zero-order valence-corrected chi connectivity index (χ0v) is 12.0. The highest BCUT2D eigenvalue weighted by Gasteiger charge is 2.31. The minimum Gasteiger partial charge on any atom is -0.381 e. The van der Waals surface area contributed by atoms with Gasteiger partial charge in [0.25, 0.3) is 0 Å². The van der Waals surface area contributed by atoms with Gasteiger partial charge in [-0.05, 0) is 44.7 Å². The van der Waals surface area contributed by atoms with Crippen molar-refractivity contribution in [2.75, 3.05) is 11.9 Å². The number of hydrogen-bond donors (Lipinski definition) is 1. The summed E-state index contributed by atoms with van der Waals surface area (Å²) in [5, 5.41) is 12.8. The van der Waals surface area contributed by atoms with Crippen LogP contribution in [0.15, 0.2) is 18.2 Å². The molecule has 1 aromatic rings. The van der Waals surface area contributed by atoms with Crippen LogP contribution in [0.2, 0.25) is 0 Å². The molecule has 0 saturated carbocycles. The maximum Gasteiger partial charge on any atom is 0.102 e. The Balaban J connectivity index is 2.14. The van der Waals surface area contributed by atoms with Gasteiger partial charge in [-0.15, -0.1) is 0 Å². The Labute approximate surface area is 115 Å². The summed E-state index contributed by atoms with van der Waals surface area (Å²) in [7, 11) is 0. The molecule has 102 valence electrons. The summed E-state index contributed by atoms with van der Waals surface area (Å²) in [5.41, 5.74) is 2.70. The molecule has 2 rings (SSSR count). The van der Waals surface area contributed by atoms with E-state index < -0.39 is 0 Å². The Bertz CT molecular complexity index is 492. The van der Waals surface area contributed by atoms with E-state index in [1.54, 1.807) is 0 Å². The van der Waals surface area contributed by atoms with Crippen LogP contribution in [0, 0.1) is 18.3 Å². The van der Waals surface area contributed by atoms with Crippen molar-refractivity contribution in [3.05, 3.63) is 29.3 Å². The van der Waals surface area contributed by atoms with E-state index >= 15 is 0 Å². The molecular weight excluding hydrogens is 236 g/mol. The second-order valence-corrected chi connectivity index (χ2v) is 5.60. The Morgan fingerprint density at radius 3 is 3.00 bits per heavy atom. The van der Waals surface area contributed by atoms with Crippen molar-refractivity contribution < 1.29 is 4.74 Å². The van der Waals surface area contributed by atoms with E-state index in [1.807, 2.05) is 25.1 Å². The molecule has 19 heavy (non-hydrogen) atoms. The molecule has 0 amide bonds. The van der Waals surface area contributed by atoms with Gasteiger partial charge in [0.1, 0.15) is 6.07 Å². The molecular formula is C16H22N2O. The monoisotopic (exact) mass is 258 g/mol. The lowest BCUT2D eigenvalue weighted by molar-refractivity contribution is -0.0708. The maximum absolute atomic E-state index is 9.26. The van der Waals surface area contributed by atoms with E-state index in [4.69, 9.17) is 4.74 Å². The van der Waals surface area contributed by atoms with E-state index in [2.05, 4.69) is 25.2 Å². The largest absolute Gasteiger partial charge is 0.381 e. The second-order valence-electron chi connectivity index (χ2n) is 5.60. The molecule has 1 N–H and O–H groups in total. The first-order valence-electron chi connectivity index (χ1n) is 6.98. The molecule has 1 aliphatic rings. The molecule has 0 aliphatic carbocycles. The lowest BCUT2D eigenvalue weighted by Gasteiger charge is -2.38. The van der Waals surface area contributed by atoms with Crippen molar-refractivity contribution >= 4 is 5.69 Å². The number of benzene rings is 1. The summed E-state index contributed by atoms with van der Waals surface area (Å²) in [6, 6.07) is 8.64. The Hall–Kier alpha value is -1.53. The number of anilines is 1. The summed E-state index contributed by atoms with van der Waals surface area (Å²) in [4.78, 5) is 0. The SMILES string of the molecule is CCC1(C)CC(Nc2cccc(C)c2C#N)CCO1. The highest BCUT2D eigenvalue weighted by atomic mass is 16.5. The summed E-state index contributed by atoms with van der Waals surface area (Å²) in [6.07, 6.45) is 3.00. The predicted octanol–water partition coefficient (Wildman–Crippen LogP) is 3.63. The number of rotatable bonds is 3. The molecule has 3 heteroatoms. The van der Waals surface area contributed by atoms with Crippen LogP contribution >= 0.6 is 0 Å². The third-order valence-corrected chi connectivity index (χ3v) is 4.09. The van der Waals surface area contributed by atoms with Crippen molar-refractivity contribution in [2.45, 2.75) is 51.7 Å². The highest BCUT2D eigenvalue weighted by molar-refractivity contribution is 5.61. The van der Waals surface area contributed by atoms with Gasteiger partial charge in [-0.3, -0.25) is 0 Å². The van der Waals surface area contributed by atoms with E-state index in [9.17, 15) is 5.26 Å². The summed E-state index contributed by atoms with van der Waals surface area (Å²) < 4.78 is 5.86. The van der Waals surface area contributed by atoms with Crippen LogP contribution in [0.25, 0.3) is 0 Å². The number of nitrogens with zero attached hydrogens (tertiary/aromatic N) is 1. The van der Waals surface area contributed by atoms with Crippen LogP contribution in [0.5, 0.6) is 0 Å². The molecule has 2 atom stereocenters. The fraction of sp³-hybridized carbons (Fsp3) is 0.562. The van der Waals surface area contributed by atoms with Crippen LogP contribution < -0.4 is 5.32 Å². The van der Waals surface area contributed by atoms with Gasteiger partial charge < -0.3 is 10.1 Å². The summed E-state index contributed by atoms with van der Waals surface area (Å²) >= 11 is 0. The molecule has 1 aliphatic heterocycles. The third kappa shape index (κ3) is 3.08. The van der Waals surface area contributed by atoms with Crippen molar-refractivity contribution in [3.8, 4) is 6.07 Å². The summed E-state index contributed by atoms with van der Waals surface area (Å²) in [5.74, 6) is 0. The highest BCUT2D eigenvalue weighted by Crippen LogP contribution is 2.30. The van der Waals surface area contributed by atoms with Crippen molar-refractivity contribution in [3.63, 3.8) is 0 Å². The first-order chi connectivity index (χ1) is 9.08. The number of nitriles is 1. The molecule has 1 saturated heterocycles. The smallest absolute Gasteiger partial charge is 0.102 e. The van der Waals surface area contributed by atoms with Gasteiger partial charge in [-0.2, -0.15) is 5.26 Å². The van der Waals surface area contributed by atoms with Crippen molar-refractivity contribution in [1.29, 1.82) is 5.26 Å². The first-order valence-corrected chi connectivity index (χ1v) is 6.98. The molecule has 1 aromatic carbocycles. The van der Waals surface area contributed by atoms with E-state index in [1.165, 1.54) is 0 Å². The van der Waals surface area contributed by atoms with Crippen LogP contribution in [0.1, 0.15) is 44.2 Å². The molecule has 0 radical (unpaired) electrons. The average Bonchev–Trinajstić information content (AvgIpc) is 2.39. The van der Waals surface area contributed by atoms with Crippen LogP contribution in [-0.4, -0.2) is 18.2 Å². The topological polar surface area (TPSA) is 45.0 Å². The third-order valence-electron chi connectivity index (χ3n) is 4.09. The Kier molecular flexibility index (Phi) is 4.11. The molecule has 0 aromatic heterocycles. The first kappa shape index (κ1) is 13.9. The van der Waals surface area contributed by atoms with Gasteiger partial charge in [0.05, 0.1) is 16.9 Å². The summed E-state index contributed by atoms with van der Waals surface area (Å²) in [6.45, 7) is 7.09. The molecule has 3 nitrogen and oxygen atoms in total. The molecule has 2 unspecified atom stereocenters. The lowest BCUT2D eigenvalue weighted by Crippen LogP contribution is -2.42. The second kappa shape index (κ2) is 5.63. The van der Waals surface area contributed by atoms with Crippen LogP contribution in [0.4, 0.5) is 5.69 Å².